The lowest BCUT2D eigenvalue weighted by atomic mass is 10.0. The van der Waals surface area contributed by atoms with Crippen LogP contribution >= 0.6 is 0 Å². The van der Waals surface area contributed by atoms with Crippen molar-refractivity contribution in [3.05, 3.63) is 78.3 Å². The van der Waals surface area contributed by atoms with Crippen LogP contribution in [0.25, 0.3) is 22.4 Å². The molecule has 0 atom stereocenters. The van der Waals surface area contributed by atoms with E-state index in [1.54, 1.807) is 0 Å². The molecule has 1 amide bonds. The van der Waals surface area contributed by atoms with Gasteiger partial charge in [-0.3, -0.25) is 15.0 Å². The van der Waals surface area contributed by atoms with Crippen molar-refractivity contribution in [3.63, 3.8) is 0 Å². The molecule has 0 saturated carbocycles. The van der Waals surface area contributed by atoms with Gasteiger partial charge < -0.3 is 4.74 Å². The summed E-state index contributed by atoms with van der Waals surface area (Å²) in [5.41, 5.74) is -1.39. The number of methoxy groups -OCH3 is 1. The van der Waals surface area contributed by atoms with Crippen LogP contribution in [0.1, 0.15) is 0 Å². The maximum atomic E-state index is 15.9. The number of ether oxygens (including phenoxy) is 1. The first kappa shape index (κ1) is 24.9. The second-order valence-corrected chi connectivity index (χ2v) is 9.31. The number of hydrogen-bond acceptors (Lipinski definition) is 6. The smallest absolute Gasteiger partial charge is 0.411 e. The molecule has 2 aromatic carbocycles. The summed E-state index contributed by atoms with van der Waals surface area (Å²) in [5, 5.41) is 6.06. The van der Waals surface area contributed by atoms with Gasteiger partial charge in [-0.2, -0.15) is 5.10 Å². The molecule has 4 aromatic rings. The number of amides is 1. The molecule has 0 unspecified atom stereocenters. The van der Waals surface area contributed by atoms with E-state index in [4.69, 9.17) is 0 Å². The van der Waals surface area contributed by atoms with Crippen LogP contribution in [0.15, 0.2) is 64.8 Å². The minimum absolute atomic E-state index is 0.202. The number of carbonyl (C=O) groups is 1. The van der Waals surface area contributed by atoms with Crippen LogP contribution in [0, 0.1) is 23.3 Å². The Morgan fingerprint density at radius 2 is 1.69 bits per heavy atom. The average Bonchev–Trinajstić information content (AvgIpc) is 3.23. The molecule has 0 radical (unpaired) electrons. The predicted molar refractivity (Wildman–Crippen MR) is 120 cm³/mol. The number of nitrogens with one attached hydrogen (secondary N) is 1. The number of nitrogens with zero attached hydrogens (tertiary/aromatic N) is 3. The van der Waals surface area contributed by atoms with E-state index in [9.17, 15) is 22.0 Å². The first-order chi connectivity index (χ1) is 17.0. The molecule has 0 aliphatic rings. The van der Waals surface area contributed by atoms with Crippen molar-refractivity contribution < 1.29 is 35.5 Å². The van der Waals surface area contributed by atoms with Crippen LogP contribution in [0.4, 0.5) is 28.0 Å². The zero-order valence-corrected chi connectivity index (χ0v) is 19.4. The Hall–Kier alpha value is -4.26. The number of benzene rings is 2. The third kappa shape index (κ3) is 4.40. The highest BCUT2D eigenvalue weighted by Crippen LogP contribution is 2.40. The van der Waals surface area contributed by atoms with Gasteiger partial charge >= 0.3 is 6.09 Å². The van der Waals surface area contributed by atoms with Crippen molar-refractivity contribution in [3.8, 4) is 22.4 Å². The van der Waals surface area contributed by atoms with Gasteiger partial charge in [0.2, 0.25) is 9.84 Å². The van der Waals surface area contributed by atoms with Crippen LogP contribution in [0.2, 0.25) is 0 Å². The quantitative estimate of drug-likeness (QED) is 0.302. The van der Waals surface area contributed by atoms with E-state index in [0.29, 0.717) is 29.8 Å². The largest absolute Gasteiger partial charge is 0.453 e. The van der Waals surface area contributed by atoms with Gasteiger partial charge in [-0.25, -0.2) is 30.8 Å². The Balaban J connectivity index is 2.06. The van der Waals surface area contributed by atoms with Gasteiger partial charge in [-0.05, 0) is 42.0 Å². The van der Waals surface area contributed by atoms with Gasteiger partial charge in [0.15, 0.2) is 11.6 Å². The first-order valence-electron chi connectivity index (χ1n) is 10.1. The number of pyridine rings is 1. The summed E-state index contributed by atoms with van der Waals surface area (Å²) in [5.74, 6) is -5.46. The van der Waals surface area contributed by atoms with Crippen molar-refractivity contribution in [1.82, 2.24) is 14.8 Å². The summed E-state index contributed by atoms with van der Waals surface area (Å²) in [6.07, 6.45) is 3.10. The lowest BCUT2D eigenvalue weighted by Crippen LogP contribution is -2.16. The fourth-order valence-electron chi connectivity index (χ4n) is 3.48. The fraction of sp³-hybridized carbons (Fsp3) is 0.0870. The number of rotatable bonds is 5. The molecule has 0 bridgehead atoms. The van der Waals surface area contributed by atoms with E-state index in [1.165, 1.54) is 42.5 Å². The Morgan fingerprint density at radius 3 is 2.36 bits per heavy atom. The number of anilines is 1. The van der Waals surface area contributed by atoms with Crippen LogP contribution in [0.3, 0.4) is 0 Å². The third-order valence-electron chi connectivity index (χ3n) is 5.12. The monoisotopic (exact) mass is 520 g/mol. The van der Waals surface area contributed by atoms with Crippen LogP contribution in [-0.2, 0) is 21.6 Å². The van der Waals surface area contributed by atoms with Gasteiger partial charge in [-0.1, -0.05) is 0 Å². The average molecular weight is 520 g/mol. The normalized spacial score (nSPS) is 11.4. The molecule has 4 rings (SSSR count). The number of carbonyl (C=O) groups excluding carboxylic acids is 1. The summed E-state index contributed by atoms with van der Waals surface area (Å²) in [4.78, 5) is 13.3. The van der Waals surface area contributed by atoms with Gasteiger partial charge in [0.1, 0.15) is 27.1 Å². The standard InChI is InChI=1S/C23H16F4N4O4S/c1-31-11-14(12-5-7-28-8-6-12)22(30-31)19-20(26)16(29-23(32)35-2)10-18(21(19)27)36(33,34)17-9-13(24)3-4-15(17)25/h3-11H,1-2H3,(H,29,32). The molecule has 0 spiro atoms. The maximum Gasteiger partial charge on any atom is 0.411 e. The third-order valence-corrected chi connectivity index (χ3v) is 6.89. The highest BCUT2D eigenvalue weighted by Gasteiger charge is 2.33. The Labute approximate surface area is 202 Å². The molecule has 0 fully saturated rings. The van der Waals surface area contributed by atoms with Gasteiger partial charge in [-0.15, -0.1) is 0 Å². The lowest BCUT2D eigenvalue weighted by Gasteiger charge is -2.15. The first-order valence-corrected chi connectivity index (χ1v) is 11.5. The molecule has 1 N–H and O–H groups in total. The minimum atomic E-state index is -5.10. The molecule has 186 valence electrons. The summed E-state index contributed by atoms with van der Waals surface area (Å²) in [6.45, 7) is 0. The molecule has 0 saturated heterocycles. The van der Waals surface area contributed by atoms with Gasteiger partial charge in [0.25, 0.3) is 0 Å². The molecule has 0 aliphatic heterocycles. The van der Waals surface area contributed by atoms with Crippen LogP contribution < -0.4 is 5.32 Å². The van der Waals surface area contributed by atoms with Crippen molar-refractivity contribution in [2.24, 2.45) is 7.05 Å². The Kier molecular flexibility index (Phi) is 6.50. The SMILES string of the molecule is COC(=O)Nc1cc(S(=O)(=O)c2cc(F)ccc2F)c(F)c(-c2nn(C)cc2-c2ccncc2)c1F. The molecule has 0 aliphatic carbocycles. The van der Waals surface area contributed by atoms with Crippen LogP contribution in [-0.4, -0.2) is 36.4 Å². The van der Waals surface area contributed by atoms with Crippen molar-refractivity contribution in [2.75, 3.05) is 12.4 Å². The van der Waals surface area contributed by atoms with E-state index in [0.717, 1.165) is 7.11 Å². The molecule has 2 heterocycles. The van der Waals surface area contributed by atoms with Gasteiger partial charge in [0.05, 0.1) is 18.4 Å². The summed E-state index contributed by atoms with van der Waals surface area (Å²) >= 11 is 0. The van der Waals surface area contributed by atoms with E-state index in [-0.39, 0.29) is 11.3 Å². The van der Waals surface area contributed by atoms with Crippen molar-refractivity contribution in [2.45, 2.75) is 9.79 Å². The molecular formula is C23H16F4N4O4S. The van der Waals surface area contributed by atoms with E-state index < -0.39 is 60.2 Å². The number of aryl methyl sites for hydroxylation is 1. The number of sulfone groups is 1. The zero-order chi connectivity index (χ0) is 26.2. The minimum Gasteiger partial charge on any atom is -0.453 e. The van der Waals surface area contributed by atoms with Gasteiger partial charge in [0, 0.05) is 31.2 Å². The number of aromatic nitrogens is 3. The zero-order valence-electron chi connectivity index (χ0n) is 18.6. The summed E-state index contributed by atoms with van der Waals surface area (Å²) in [6, 6.07) is 5.13. The molecular weight excluding hydrogens is 504 g/mol. The topological polar surface area (TPSA) is 103 Å². The van der Waals surface area contributed by atoms with E-state index in [2.05, 4.69) is 14.8 Å². The van der Waals surface area contributed by atoms with Crippen molar-refractivity contribution in [1.29, 1.82) is 0 Å². The predicted octanol–water partition coefficient (Wildman–Crippen LogP) is 4.72. The Bertz CT molecular complexity index is 1590. The second-order valence-electron chi connectivity index (χ2n) is 7.42. The van der Waals surface area contributed by atoms with E-state index >= 15 is 8.78 Å². The second kappa shape index (κ2) is 9.41. The summed E-state index contributed by atoms with van der Waals surface area (Å²) in [7, 11) is -2.66. The van der Waals surface area contributed by atoms with Crippen LogP contribution in [0.5, 0.6) is 0 Å². The molecule has 8 nitrogen and oxygen atoms in total. The number of hydrogen-bond donors (Lipinski definition) is 1. The maximum absolute atomic E-state index is 15.9. The van der Waals surface area contributed by atoms with E-state index in [1.807, 2.05) is 5.32 Å². The lowest BCUT2D eigenvalue weighted by molar-refractivity contribution is 0.186. The molecule has 13 heteroatoms. The van der Waals surface area contributed by atoms with Crippen molar-refractivity contribution >= 4 is 21.6 Å². The molecule has 2 aromatic heterocycles. The highest BCUT2D eigenvalue weighted by molar-refractivity contribution is 7.91. The number of halogens is 4. The summed E-state index contributed by atoms with van der Waals surface area (Å²) < 4.78 is 91.8. The highest BCUT2D eigenvalue weighted by atomic mass is 32.2. The Morgan fingerprint density at radius 1 is 1.00 bits per heavy atom. The molecule has 36 heavy (non-hydrogen) atoms. The fourth-order valence-corrected chi connectivity index (χ4v) is 4.93.